The number of fused-ring (bicyclic) bond motifs is 1. The Morgan fingerprint density at radius 3 is 2.81 bits per heavy atom. The Kier molecular flexibility index (Phi) is 3.57. The Morgan fingerprint density at radius 2 is 2.10 bits per heavy atom. The monoisotopic (exact) mass is 290 g/mol. The number of oxime groups is 1. The smallest absolute Gasteiger partial charge is 0.182 e. The zero-order chi connectivity index (χ0) is 14.8. The lowest BCUT2D eigenvalue weighted by molar-refractivity contribution is 0.230. The number of nitrogens with one attached hydrogen (secondary N) is 1. The van der Waals surface area contributed by atoms with E-state index in [1.54, 1.807) is 6.33 Å². The maximum absolute atomic E-state index is 8.76. The van der Waals surface area contributed by atoms with Crippen molar-refractivity contribution in [2.75, 3.05) is 31.1 Å². The molecule has 0 aliphatic carbocycles. The molecule has 3 rings (SSSR count). The van der Waals surface area contributed by atoms with Gasteiger partial charge in [-0.15, -0.1) is 0 Å². The molecule has 21 heavy (non-hydrogen) atoms. The Bertz CT molecular complexity index is 645. The highest BCUT2D eigenvalue weighted by atomic mass is 16.4. The fourth-order valence-electron chi connectivity index (χ4n) is 2.58. The minimum atomic E-state index is -0.0743. The minimum absolute atomic E-state index is 0.0743. The summed E-state index contributed by atoms with van der Waals surface area (Å²) in [5.41, 5.74) is 7.19. The van der Waals surface area contributed by atoms with Gasteiger partial charge in [-0.1, -0.05) is 5.16 Å². The summed E-state index contributed by atoms with van der Waals surface area (Å²) in [6.45, 7) is 5.19. The zero-order valence-corrected chi connectivity index (χ0v) is 11.8. The topological polar surface area (TPSA) is 120 Å². The van der Waals surface area contributed by atoms with Crippen molar-refractivity contribution in [1.82, 2.24) is 24.8 Å². The number of imidazole rings is 1. The summed E-state index contributed by atoms with van der Waals surface area (Å²) in [5, 5.41) is 11.8. The summed E-state index contributed by atoms with van der Waals surface area (Å²) in [4.78, 5) is 20.1. The number of H-pyrrole nitrogens is 1. The summed E-state index contributed by atoms with van der Waals surface area (Å²) in [7, 11) is 0. The molecule has 0 saturated carbocycles. The lowest BCUT2D eigenvalue weighted by Gasteiger charge is -2.38. The average Bonchev–Trinajstić information content (AvgIpc) is 3.02. The lowest BCUT2D eigenvalue weighted by Crippen LogP contribution is -2.53. The van der Waals surface area contributed by atoms with Crippen molar-refractivity contribution in [3.05, 3.63) is 12.7 Å². The first kappa shape index (κ1) is 13.6. The number of anilines is 1. The molecule has 1 fully saturated rings. The SMILES string of the molecule is CC(C(N)=NO)N1CCN(c2ncnc3nc[nH]c23)CC1. The van der Waals surface area contributed by atoms with Crippen molar-refractivity contribution in [2.24, 2.45) is 10.9 Å². The highest BCUT2D eigenvalue weighted by molar-refractivity contribution is 5.85. The van der Waals surface area contributed by atoms with Crippen LogP contribution < -0.4 is 10.6 Å². The Morgan fingerprint density at radius 1 is 1.33 bits per heavy atom. The molecule has 0 amide bonds. The van der Waals surface area contributed by atoms with Crippen LogP contribution in [0.2, 0.25) is 0 Å². The van der Waals surface area contributed by atoms with E-state index >= 15 is 0 Å². The molecule has 0 radical (unpaired) electrons. The van der Waals surface area contributed by atoms with Gasteiger partial charge in [0.25, 0.3) is 0 Å². The summed E-state index contributed by atoms with van der Waals surface area (Å²) < 4.78 is 0. The number of aromatic nitrogens is 4. The van der Waals surface area contributed by atoms with E-state index in [9.17, 15) is 0 Å². The molecule has 2 aromatic heterocycles. The number of amidine groups is 1. The zero-order valence-electron chi connectivity index (χ0n) is 11.8. The molecule has 9 heteroatoms. The number of aromatic amines is 1. The molecular formula is C12H18N8O. The predicted octanol–water partition coefficient (Wildman–Crippen LogP) is -0.390. The molecule has 1 unspecified atom stereocenters. The molecule has 1 aliphatic rings. The van der Waals surface area contributed by atoms with Crippen LogP contribution in [0.3, 0.4) is 0 Å². The highest BCUT2D eigenvalue weighted by Crippen LogP contribution is 2.21. The minimum Gasteiger partial charge on any atom is -0.409 e. The maximum Gasteiger partial charge on any atom is 0.182 e. The Balaban J connectivity index is 1.73. The van der Waals surface area contributed by atoms with Crippen LogP contribution in [-0.2, 0) is 0 Å². The van der Waals surface area contributed by atoms with Crippen LogP contribution in [0, 0.1) is 0 Å². The molecule has 0 bridgehead atoms. The third-order valence-corrected chi connectivity index (χ3v) is 3.91. The van der Waals surface area contributed by atoms with Crippen molar-refractivity contribution in [2.45, 2.75) is 13.0 Å². The van der Waals surface area contributed by atoms with Gasteiger partial charge in [-0.3, -0.25) is 4.90 Å². The first-order valence-electron chi connectivity index (χ1n) is 6.81. The Labute approximate surface area is 121 Å². The first-order valence-corrected chi connectivity index (χ1v) is 6.81. The summed E-state index contributed by atoms with van der Waals surface area (Å²) in [5.74, 6) is 1.11. The molecule has 0 spiro atoms. The molecule has 2 aromatic rings. The van der Waals surface area contributed by atoms with Gasteiger partial charge in [-0.25, -0.2) is 15.0 Å². The number of hydrogen-bond donors (Lipinski definition) is 3. The van der Waals surface area contributed by atoms with E-state index in [0.29, 0.717) is 5.65 Å². The van der Waals surface area contributed by atoms with E-state index in [1.165, 1.54) is 6.33 Å². The fourth-order valence-corrected chi connectivity index (χ4v) is 2.58. The second-order valence-electron chi connectivity index (χ2n) is 5.02. The molecule has 4 N–H and O–H groups in total. The van der Waals surface area contributed by atoms with Gasteiger partial charge in [0.15, 0.2) is 17.3 Å². The van der Waals surface area contributed by atoms with Crippen LogP contribution in [0.4, 0.5) is 5.82 Å². The van der Waals surface area contributed by atoms with Crippen molar-refractivity contribution in [1.29, 1.82) is 0 Å². The van der Waals surface area contributed by atoms with Gasteiger partial charge in [-0.2, -0.15) is 0 Å². The summed E-state index contributed by atoms with van der Waals surface area (Å²) >= 11 is 0. The normalized spacial score (nSPS) is 19.1. The Hall–Kier alpha value is -2.42. The van der Waals surface area contributed by atoms with Crippen LogP contribution in [0.1, 0.15) is 6.92 Å². The number of piperazine rings is 1. The standard InChI is InChI=1S/C12H18N8O/c1-8(10(13)18-21)19-2-4-20(5-3-19)12-9-11(15-6-14-9)16-7-17-12/h6-8,21H,2-5H2,1H3,(H2,13,18)(H,14,15,16,17). The fraction of sp³-hybridized carbons (Fsp3) is 0.500. The average molecular weight is 290 g/mol. The highest BCUT2D eigenvalue weighted by Gasteiger charge is 2.25. The first-order chi connectivity index (χ1) is 10.2. The quantitative estimate of drug-likeness (QED) is 0.305. The van der Waals surface area contributed by atoms with E-state index in [0.717, 1.165) is 37.5 Å². The number of rotatable bonds is 3. The van der Waals surface area contributed by atoms with E-state index in [1.807, 2.05) is 6.92 Å². The van der Waals surface area contributed by atoms with Crippen LogP contribution in [0.5, 0.6) is 0 Å². The number of hydrogen-bond acceptors (Lipinski definition) is 7. The third kappa shape index (κ3) is 2.47. The van der Waals surface area contributed by atoms with Gasteiger partial charge in [-0.05, 0) is 6.92 Å². The van der Waals surface area contributed by atoms with Gasteiger partial charge in [0.2, 0.25) is 0 Å². The summed E-state index contributed by atoms with van der Waals surface area (Å²) in [6.07, 6.45) is 3.16. The van der Waals surface area contributed by atoms with Crippen molar-refractivity contribution < 1.29 is 5.21 Å². The van der Waals surface area contributed by atoms with E-state index in [4.69, 9.17) is 10.9 Å². The maximum atomic E-state index is 8.76. The van der Waals surface area contributed by atoms with E-state index in [2.05, 4.69) is 34.9 Å². The van der Waals surface area contributed by atoms with Crippen LogP contribution >= 0.6 is 0 Å². The van der Waals surface area contributed by atoms with E-state index < -0.39 is 0 Å². The second kappa shape index (κ2) is 5.52. The van der Waals surface area contributed by atoms with Crippen LogP contribution in [0.25, 0.3) is 11.2 Å². The number of nitrogens with two attached hydrogens (primary N) is 1. The van der Waals surface area contributed by atoms with Crippen molar-refractivity contribution in [3.8, 4) is 0 Å². The van der Waals surface area contributed by atoms with Gasteiger partial charge in [0.1, 0.15) is 11.8 Å². The van der Waals surface area contributed by atoms with Gasteiger partial charge in [0, 0.05) is 26.2 Å². The molecule has 3 heterocycles. The molecule has 112 valence electrons. The molecular weight excluding hydrogens is 272 g/mol. The molecule has 1 atom stereocenters. The van der Waals surface area contributed by atoms with Crippen LogP contribution in [-0.4, -0.2) is 68.1 Å². The van der Waals surface area contributed by atoms with Gasteiger partial charge < -0.3 is 20.8 Å². The summed E-state index contributed by atoms with van der Waals surface area (Å²) in [6, 6.07) is -0.0743. The lowest BCUT2D eigenvalue weighted by atomic mass is 10.2. The molecule has 1 aliphatic heterocycles. The van der Waals surface area contributed by atoms with E-state index in [-0.39, 0.29) is 11.9 Å². The van der Waals surface area contributed by atoms with Crippen molar-refractivity contribution >= 4 is 22.8 Å². The molecule has 0 aromatic carbocycles. The predicted molar refractivity (Wildman–Crippen MR) is 78.3 cm³/mol. The largest absolute Gasteiger partial charge is 0.409 e. The van der Waals surface area contributed by atoms with Gasteiger partial charge >= 0.3 is 0 Å². The van der Waals surface area contributed by atoms with Gasteiger partial charge in [0.05, 0.1) is 12.4 Å². The number of nitrogens with zero attached hydrogens (tertiary/aromatic N) is 6. The molecule has 1 saturated heterocycles. The molecule has 9 nitrogen and oxygen atoms in total. The van der Waals surface area contributed by atoms with Crippen molar-refractivity contribution in [3.63, 3.8) is 0 Å². The van der Waals surface area contributed by atoms with Crippen LogP contribution in [0.15, 0.2) is 17.8 Å². The second-order valence-corrected chi connectivity index (χ2v) is 5.02. The third-order valence-electron chi connectivity index (χ3n) is 3.91.